The third kappa shape index (κ3) is 92.7. The van der Waals surface area contributed by atoms with Gasteiger partial charge in [-0.3, -0.25) is 9.59 Å². The van der Waals surface area contributed by atoms with Crippen LogP contribution in [0.3, 0.4) is 0 Å². The van der Waals surface area contributed by atoms with Crippen molar-refractivity contribution < 1.29 is 311 Å². The molecule has 6 aliphatic rings. The van der Waals surface area contributed by atoms with Crippen molar-refractivity contribution in [3.05, 3.63) is 115 Å². The molecule has 0 saturated carbocycles. The summed E-state index contributed by atoms with van der Waals surface area (Å²) in [5.41, 5.74) is 0.333. The second kappa shape index (κ2) is 115. The Morgan fingerprint density at radius 2 is 0.440 bits per heavy atom. The average Bonchev–Trinajstić information content (AvgIpc) is 0.852. The third-order valence-corrected chi connectivity index (χ3v) is 16.3. The van der Waals surface area contributed by atoms with Crippen molar-refractivity contribution in [2.24, 2.45) is 0 Å². The number of carbonyl (C=O) groups is 2. The molecule has 1 unspecified atom stereocenters. The van der Waals surface area contributed by atoms with Gasteiger partial charge < -0.3 is 200 Å². The molecule has 0 aromatic heterocycles. The second-order valence-corrected chi connectivity index (χ2v) is 26.1. The van der Waals surface area contributed by atoms with E-state index in [1.54, 1.807) is 55.7 Å². The van der Waals surface area contributed by atoms with Crippen molar-refractivity contribution in [1.29, 1.82) is 0 Å². The van der Waals surface area contributed by atoms with Crippen molar-refractivity contribution in [2.75, 3.05) is 416 Å². The van der Waals surface area contributed by atoms with Gasteiger partial charge in [-0.2, -0.15) is 37.5 Å². The Bertz CT molecular complexity index is 2640. The fraction of sp³-hybridized carbons (Fsp3) is 0.711. The van der Waals surface area contributed by atoms with Gasteiger partial charge in [0.2, 0.25) is 0 Å². The Morgan fingerprint density at radius 1 is 0.239 bits per heavy atom. The molecule has 134 heavy (non-hydrogen) atoms. The largest absolute Gasteiger partial charge is 0.548 e. The maximum absolute atomic E-state index is 11.4. The zero-order valence-electron chi connectivity index (χ0n) is 79.6. The summed E-state index contributed by atoms with van der Waals surface area (Å²) < 4.78 is 194. The molecule has 38 nitrogen and oxygen atoms in total. The number of halogens is 2. The summed E-state index contributed by atoms with van der Waals surface area (Å²) in [6, 6.07) is 21.5. The van der Waals surface area contributed by atoms with Gasteiger partial charge >= 0.3 is 0 Å². The van der Waals surface area contributed by atoms with Crippen molar-refractivity contribution in [2.45, 2.75) is 6.10 Å². The molecule has 0 N–H and O–H groups in total. The first-order chi connectivity index (χ1) is 62.5. The van der Waals surface area contributed by atoms with Gasteiger partial charge in [0.25, 0.3) is 10.5 Å². The van der Waals surface area contributed by atoms with Gasteiger partial charge in [-0.25, -0.2) is 0 Å². The molecule has 0 spiro atoms. The quantitative estimate of drug-likeness (QED) is 0.182. The maximum Gasteiger partial charge on any atom is 0.252 e. The molecule has 1 atom stereocenters. The van der Waals surface area contributed by atoms with Gasteiger partial charge in [0.05, 0.1) is 375 Å². The molecule has 4 radical (unpaired) electrons. The minimum atomic E-state index is -0.805. The normalized spacial score (nSPS) is 20.5. The Kier molecular flexibility index (Phi) is 121. The van der Waals surface area contributed by atoms with Crippen LogP contribution >= 0.6 is 23.2 Å². The number of ether oxygens (including phenoxy) is 36. The summed E-state index contributed by atoms with van der Waals surface area (Å²) in [5.74, 6) is 3.66. The van der Waals surface area contributed by atoms with Crippen molar-refractivity contribution in [3.8, 4) is 34.5 Å². The van der Waals surface area contributed by atoms with Crippen LogP contribution in [0.1, 0.15) is 10.4 Å². The zero-order valence-corrected chi connectivity index (χ0v) is 92.4. The molecule has 0 bridgehead atoms. The van der Waals surface area contributed by atoms with Gasteiger partial charge in [0, 0.05) is 161 Å². The minimum Gasteiger partial charge on any atom is -0.548 e. The third-order valence-electron chi connectivity index (χ3n) is 15.8. The molecule has 3 aromatic carbocycles. The van der Waals surface area contributed by atoms with E-state index in [4.69, 9.17) is 194 Å². The average molecular weight is 2270 g/mol. The van der Waals surface area contributed by atoms with Crippen molar-refractivity contribution >= 4 is 33.7 Å². The number of benzene rings is 3. The van der Waals surface area contributed by atoms with Crippen molar-refractivity contribution in [1.82, 2.24) is 0 Å². The van der Waals surface area contributed by atoms with E-state index in [1.165, 1.54) is 0 Å². The second-order valence-electron chi connectivity index (χ2n) is 25.4. The number of hydrogen-bond acceptors (Lipinski definition) is 38. The number of fused-ring (bicyclic) bond motifs is 3. The Hall–Kier alpha value is -0.404. The summed E-state index contributed by atoms with van der Waals surface area (Å²) >= 11 is 11.0. The Labute approximate surface area is 907 Å². The van der Waals surface area contributed by atoms with Gasteiger partial charge in [-0.05, 0) is 41.4 Å². The summed E-state index contributed by atoms with van der Waals surface area (Å²) in [7, 11) is 0. The van der Waals surface area contributed by atoms with Crippen LogP contribution in [0.15, 0.2) is 54.6 Å². The first-order valence-electron chi connectivity index (χ1n) is 42.9. The van der Waals surface area contributed by atoms with Crippen LogP contribution in [-0.2, 0) is 278 Å². The van der Waals surface area contributed by atoms with Gasteiger partial charge in [-0.1, -0.05) is 13.2 Å². The molecule has 0 amide bonds. The van der Waals surface area contributed by atoms with Crippen LogP contribution in [0.5, 0.6) is 34.5 Å². The SMILES string of the molecule is O=C(Cl)C1COCCOCCOCCOCCOCCOCCO1.O=C(Cl)c1ccc2c(c1)OCCOCCOCCOCCOCCOCCO2.[CH-]1COCCOCCOCCOCCO1.[CH-]1COCCOCCOCCOCCOCCO1.[CH3-].[CH3-].[CH3-].[CH3-].[Y].[Y].[Y].[Y].[c-]1ccc2c(c1)OCCOCCOCCOCCO2.[c-]1ccc2c(c1)OCCOCCOCCOCCOCCO2. The smallest absolute Gasteiger partial charge is 0.252 e. The minimum absolute atomic E-state index is 0. The molecule has 44 heteroatoms. The summed E-state index contributed by atoms with van der Waals surface area (Å²) in [6.45, 7) is 34.8. The molecule has 3 aromatic rings. The zero-order chi connectivity index (χ0) is 89.0. The van der Waals surface area contributed by atoms with Gasteiger partial charge in [0.1, 0.15) is 26.4 Å². The monoisotopic (exact) mass is 2260 g/mol. The van der Waals surface area contributed by atoms with Crippen LogP contribution < -0.4 is 28.4 Å². The van der Waals surface area contributed by atoms with E-state index in [-0.39, 0.29) is 174 Å². The Morgan fingerprint density at radius 3 is 0.687 bits per heavy atom. The molecule has 6 aliphatic heterocycles. The Balaban J connectivity index is -0.000000495. The molecule has 0 aliphatic carbocycles. The van der Waals surface area contributed by atoms with Crippen LogP contribution in [-0.4, -0.2) is 433 Å². The van der Waals surface area contributed by atoms with E-state index in [0.717, 1.165) is 0 Å². The van der Waals surface area contributed by atoms with E-state index in [0.29, 0.717) is 443 Å². The van der Waals surface area contributed by atoms with Crippen molar-refractivity contribution in [3.63, 3.8) is 0 Å². The fourth-order valence-electron chi connectivity index (χ4n) is 9.67. The van der Waals surface area contributed by atoms with E-state index in [9.17, 15) is 9.59 Å². The molecule has 3 fully saturated rings. The van der Waals surface area contributed by atoms with E-state index in [2.05, 4.69) is 12.1 Å². The number of carbonyl (C=O) groups excluding carboxylic acids is 2. The van der Waals surface area contributed by atoms with Crippen LogP contribution in [0.2, 0.25) is 0 Å². The van der Waals surface area contributed by atoms with E-state index in [1.807, 2.05) is 12.1 Å². The van der Waals surface area contributed by atoms with Crippen LogP contribution in [0.25, 0.3) is 0 Å². The summed E-state index contributed by atoms with van der Waals surface area (Å²) in [6.07, 6.45) is -0.805. The molecule has 9 rings (SSSR count). The standard InChI is InChI=1S/C19H27ClO8.C16H23O6.C15H27ClO8.C14H19O5.C12H23O6.C10H19O5.4CH3.4Y/c20-19(21)16-1-2-17-18(15-16)28-14-12-26-10-8-24-6-4-22-3-5-23-7-9-25-11-13-27-17;1-2-4-16-15(3-1)21-13-11-19-9-7-17-5-6-18-8-10-20-12-14-22-16;16-15(17)14-13-23-10-9-21-6-5-19-2-1-18-3-4-20-7-8-22-11-12-24-14;1-2-4-14-13(3-1)18-11-9-16-7-5-15-6-8-17-10-12-19-14;1-2-14-5-6-16-9-10-18-12-11-17-8-7-15-4-3-13-1;1-2-12-5-6-14-9-10-15-8-7-13-4-3-11-1;;;;;;;;/h1-2,15H,3-14H2;1,3-4H,5-14H2;14H,1-13H2;1,3-4H,5-12H2;1H,2-12H2;1H,2-10H2;4*1H3;;;;/q;-1;;7*-1;;;;. The number of hydrogen-bond donors (Lipinski definition) is 0. The van der Waals surface area contributed by atoms with Crippen LogP contribution in [0.4, 0.5) is 0 Å². The summed E-state index contributed by atoms with van der Waals surface area (Å²) in [5, 5.41) is -1.15. The molecular weight excluding hydrogens is 2120 g/mol. The summed E-state index contributed by atoms with van der Waals surface area (Å²) in [4.78, 5) is 22.7. The molecule has 6 heterocycles. The molecular formula is C90H150Cl2O38Y4-8. The number of rotatable bonds is 2. The first-order valence-corrected chi connectivity index (χ1v) is 43.6. The molecule has 3 saturated heterocycles. The van der Waals surface area contributed by atoms with E-state index < -0.39 is 16.6 Å². The van der Waals surface area contributed by atoms with Crippen LogP contribution in [0, 0.1) is 55.1 Å². The van der Waals surface area contributed by atoms with Gasteiger partial charge in [-0.15, -0.1) is 24.3 Å². The maximum atomic E-state index is 11.4. The first kappa shape index (κ1) is 142. The topological polar surface area (TPSA) is 366 Å². The predicted molar refractivity (Wildman–Crippen MR) is 479 cm³/mol. The fourth-order valence-corrected chi connectivity index (χ4v) is 9.92. The van der Waals surface area contributed by atoms with Gasteiger partial charge in [0.15, 0.2) is 17.6 Å². The predicted octanol–water partition coefficient (Wildman–Crippen LogP) is 7.10. The molecule has 772 valence electrons. The van der Waals surface area contributed by atoms with E-state index >= 15 is 0 Å².